The number of aromatic nitrogens is 5. The number of fused-ring (bicyclic) bond motifs is 1. The lowest BCUT2D eigenvalue weighted by atomic mass is 9.97. The second kappa shape index (κ2) is 6.74. The maximum absolute atomic E-state index is 4.98. The van der Waals surface area contributed by atoms with Crippen LogP contribution >= 0.6 is 11.3 Å². The summed E-state index contributed by atoms with van der Waals surface area (Å²) in [5.41, 5.74) is 2.07. The average molecular weight is 376 g/mol. The van der Waals surface area contributed by atoms with E-state index in [2.05, 4.69) is 50.1 Å². The molecule has 0 spiro atoms. The molecule has 5 rings (SSSR count). The molecule has 7 heteroatoms. The average Bonchev–Trinajstić information content (AvgIpc) is 3.39. The van der Waals surface area contributed by atoms with Gasteiger partial charge in [-0.25, -0.2) is 9.97 Å². The van der Waals surface area contributed by atoms with Gasteiger partial charge in [0.15, 0.2) is 5.82 Å². The Balaban J connectivity index is 1.58. The molecule has 4 heterocycles. The molecule has 1 saturated heterocycles. The third-order valence-corrected chi connectivity index (χ3v) is 5.88. The van der Waals surface area contributed by atoms with Crippen LogP contribution in [0.5, 0.6) is 0 Å². The van der Waals surface area contributed by atoms with Gasteiger partial charge in [-0.15, -0.1) is 10.2 Å². The summed E-state index contributed by atoms with van der Waals surface area (Å²) >= 11 is 1.67. The smallest absolute Gasteiger partial charge is 0.162 e. The van der Waals surface area contributed by atoms with E-state index in [1.54, 1.807) is 17.7 Å². The summed E-state index contributed by atoms with van der Waals surface area (Å²) in [6.07, 6.45) is 4.02. The van der Waals surface area contributed by atoms with E-state index in [9.17, 15) is 0 Å². The molecular formula is C20H20N6S. The lowest BCUT2D eigenvalue weighted by Gasteiger charge is -2.33. The van der Waals surface area contributed by atoms with Crippen LogP contribution in [0.1, 0.15) is 24.6 Å². The van der Waals surface area contributed by atoms with Crippen molar-refractivity contribution < 1.29 is 0 Å². The van der Waals surface area contributed by atoms with Crippen LogP contribution < -0.4 is 4.90 Å². The van der Waals surface area contributed by atoms with Crippen molar-refractivity contribution in [3.63, 3.8) is 0 Å². The third kappa shape index (κ3) is 2.98. The number of benzene rings is 1. The highest BCUT2D eigenvalue weighted by atomic mass is 32.1. The van der Waals surface area contributed by atoms with E-state index >= 15 is 0 Å². The first-order valence-corrected chi connectivity index (χ1v) is 10.1. The molecule has 6 nitrogen and oxygen atoms in total. The van der Waals surface area contributed by atoms with Crippen LogP contribution in [-0.2, 0) is 7.05 Å². The van der Waals surface area contributed by atoms with Crippen molar-refractivity contribution in [2.45, 2.75) is 18.8 Å². The quantitative estimate of drug-likeness (QED) is 0.543. The topological polar surface area (TPSA) is 59.7 Å². The molecule has 1 aliphatic rings. The van der Waals surface area contributed by atoms with Crippen molar-refractivity contribution in [2.75, 3.05) is 18.0 Å². The second-order valence-electron chi connectivity index (χ2n) is 6.99. The second-order valence-corrected chi connectivity index (χ2v) is 7.77. The highest BCUT2D eigenvalue weighted by Crippen LogP contribution is 2.33. The zero-order chi connectivity index (χ0) is 18.2. The lowest BCUT2D eigenvalue weighted by molar-refractivity contribution is 0.478. The van der Waals surface area contributed by atoms with Gasteiger partial charge in [-0.1, -0.05) is 12.1 Å². The van der Waals surface area contributed by atoms with Crippen LogP contribution in [0.4, 0.5) is 5.82 Å². The fourth-order valence-corrected chi connectivity index (χ4v) is 4.50. The zero-order valence-corrected chi connectivity index (χ0v) is 15.9. The highest BCUT2D eigenvalue weighted by molar-refractivity contribution is 7.08. The Morgan fingerprint density at radius 1 is 1.15 bits per heavy atom. The minimum absolute atomic E-state index is 0.365. The number of thiophene rings is 1. The Kier molecular flexibility index (Phi) is 4.09. The molecule has 0 N–H and O–H groups in total. The van der Waals surface area contributed by atoms with Crippen LogP contribution in [0.2, 0.25) is 0 Å². The Hall–Kier alpha value is -2.80. The first-order valence-electron chi connectivity index (χ1n) is 9.18. The fraction of sp³-hybridized carbons (Fsp3) is 0.300. The summed E-state index contributed by atoms with van der Waals surface area (Å²) < 4.78 is 2.03. The molecule has 4 aromatic rings. The Morgan fingerprint density at radius 3 is 2.89 bits per heavy atom. The Morgan fingerprint density at radius 2 is 2.07 bits per heavy atom. The van der Waals surface area contributed by atoms with Crippen LogP contribution in [0.3, 0.4) is 0 Å². The molecule has 0 unspecified atom stereocenters. The van der Waals surface area contributed by atoms with Crippen LogP contribution in [0.15, 0.2) is 47.4 Å². The van der Waals surface area contributed by atoms with Crippen molar-refractivity contribution >= 4 is 28.1 Å². The molecule has 3 aromatic heterocycles. The van der Waals surface area contributed by atoms with Crippen molar-refractivity contribution in [1.82, 2.24) is 24.7 Å². The van der Waals surface area contributed by atoms with Crippen LogP contribution in [0.25, 0.3) is 22.3 Å². The number of hydrogen-bond donors (Lipinski definition) is 0. The minimum Gasteiger partial charge on any atom is -0.355 e. The monoisotopic (exact) mass is 376 g/mol. The molecule has 0 radical (unpaired) electrons. The number of nitrogens with zero attached hydrogens (tertiary/aromatic N) is 6. The summed E-state index contributed by atoms with van der Waals surface area (Å²) in [5.74, 6) is 3.24. The van der Waals surface area contributed by atoms with E-state index in [-0.39, 0.29) is 0 Å². The van der Waals surface area contributed by atoms with E-state index < -0.39 is 0 Å². The predicted octanol–water partition coefficient (Wildman–Crippen LogP) is 3.87. The minimum atomic E-state index is 0.365. The Bertz CT molecular complexity index is 1070. The molecule has 1 aliphatic heterocycles. The summed E-state index contributed by atoms with van der Waals surface area (Å²) in [4.78, 5) is 12.2. The van der Waals surface area contributed by atoms with Gasteiger partial charge in [0.05, 0.1) is 5.52 Å². The first kappa shape index (κ1) is 16.4. The first-order chi connectivity index (χ1) is 13.3. The largest absolute Gasteiger partial charge is 0.355 e. The normalized spacial score (nSPS) is 17.5. The van der Waals surface area contributed by atoms with Gasteiger partial charge in [0.2, 0.25) is 0 Å². The molecule has 27 heavy (non-hydrogen) atoms. The zero-order valence-electron chi connectivity index (χ0n) is 15.1. The molecule has 0 saturated carbocycles. The summed E-state index contributed by atoms with van der Waals surface area (Å²) in [7, 11) is 2.02. The summed E-state index contributed by atoms with van der Waals surface area (Å²) in [5, 5.41) is 13.7. The molecule has 1 fully saturated rings. The maximum atomic E-state index is 4.98. The standard InChI is InChI=1S/C20H20N6S/c1-25-13-21-24-19(25)14-5-4-9-26(11-14)20-16-6-2-3-7-17(16)22-18(23-20)15-8-10-27-12-15/h2-3,6-8,10,12-14H,4-5,9,11H2,1H3/t14-/m1/s1. The number of anilines is 1. The molecular weight excluding hydrogens is 356 g/mol. The van der Waals surface area contributed by atoms with E-state index in [0.717, 1.165) is 59.9 Å². The van der Waals surface area contributed by atoms with Gasteiger partial charge < -0.3 is 9.47 Å². The van der Waals surface area contributed by atoms with Crippen molar-refractivity contribution in [1.29, 1.82) is 0 Å². The molecule has 1 aromatic carbocycles. The van der Waals surface area contributed by atoms with Crippen molar-refractivity contribution in [2.24, 2.45) is 7.05 Å². The maximum Gasteiger partial charge on any atom is 0.162 e. The number of rotatable bonds is 3. The Labute approximate surface area is 161 Å². The lowest BCUT2D eigenvalue weighted by Crippen LogP contribution is -2.36. The van der Waals surface area contributed by atoms with Gasteiger partial charge in [0.25, 0.3) is 0 Å². The predicted molar refractivity (Wildman–Crippen MR) is 108 cm³/mol. The van der Waals surface area contributed by atoms with Crippen molar-refractivity contribution in [3.8, 4) is 11.4 Å². The van der Waals surface area contributed by atoms with Crippen molar-refractivity contribution in [3.05, 3.63) is 53.2 Å². The number of hydrogen-bond acceptors (Lipinski definition) is 6. The number of piperidine rings is 1. The molecule has 0 aliphatic carbocycles. The van der Waals surface area contributed by atoms with Gasteiger partial charge in [0.1, 0.15) is 18.0 Å². The SMILES string of the molecule is Cn1cnnc1[C@@H]1CCCN(c2nc(-c3ccsc3)nc3ccccc23)C1. The highest BCUT2D eigenvalue weighted by Gasteiger charge is 2.27. The number of para-hydroxylation sites is 1. The molecule has 1 atom stereocenters. The van der Waals surface area contributed by atoms with Crippen LogP contribution in [-0.4, -0.2) is 37.8 Å². The van der Waals surface area contributed by atoms with Gasteiger partial charge >= 0.3 is 0 Å². The molecule has 0 bridgehead atoms. The van der Waals surface area contributed by atoms with E-state index in [1.807, 2.05) is 17.7 Å². The van der Waals surface area contributed by atoms with Crippen LogP contribution in [0, 0.1) is 0 Å². The van der Waals surface area contributed by atoms with E-state index in [4.69, 9.17) is 9.97 Å². The summed E-state index contributed by atoms with van der Waals surface area (Å²) in [6.45, 7) is 1.90. The van der Waals surface area contributed by atoms with Gasteiger partial charge in [0, 0.05) is 42.4 Å². The third-order valence-electron chi connectivity index (χ3n) is 5.19. The van der Waals surface area contributed by atoms with Gasteiger partial charge in [-0.3, -0.25) is 0 Å². The van der Waals surface area contributed by atoms with E-state index in [1.165, 1.54) is 0 Å². The molecule has 136 valence electrons. The van der Waals surface area contributed by atoms with Gasteiger partial charge in [-0.05, 0) is 36.4 Å². The fourth-order valence-electron chi connectivity index (χ4n) is 3.86. The van der Waals surface area contributed by atoms with Gasteiger partial charge in [-0.2, -0.15) is 11.3 Å². The molecule has 0 amide bonds. The van der Waals surface area contributed by atoms with E-state index in [0.29, 0.717) is 5.92 Å². The summed E-state index contributed by atoms with van der Waals surface area (Å²) in [6, 6.07) is 10.4. The number of aryl methyl sites for hydroxylation is 1.